The quantitative estimate of drug-likeness (QED) is 0.799. The van der Waals surface area contributed by atoms with Gasteiger partial charge in [0.2, 0.25) is 11.8 Å². The molecule has 0 heterocycles. The van der Waals surface area contributed by atoms with Gasteiger partial charge in [0.15, 0.2) is 5.78 Å². The number of hydrogen-bond donors (Lipinski definition) is 2. The molecule has 0 bridgehead atoms. The Kier molecular flexibility index (Phi) is 9.50. The fourth-order valence-corrected chi connectivity index (χ4v) is 1.69. The van der Waals surface area contributed by atoms with Crippen LogP contribution in [0.25, 0.3) is 0 Å². The first-order valence-corrected chi connectivity index (χ1v) is 7.11. The van der Waals surface area contributed by atoms with Crippen molar-refractivity contribution in [3.8, 4) is 0 Å². The van der Waals surface area contributed by atoms with Crippen LogP contribution in [0.5, 0.6) is 0 Å². The zero-order valence-corrected chi connectivity index (χ0v) is 12.9. The number of benzene rings is 1. The van der Waals surface area contributed by atoms with Gasteiger partial charge in [-0.05, 0) is 18.9 Å². The number of carbonyl (C=O) groups excluding carboxylic acids is 3. The lowest BCUT2D eigenvalue weighted by Crippen LogP contribution is -2.41. The van der Waals surface area contributed by atoms with Crippen LogP contribution in [0.2, 0.25) is 0 Å². The Balaban J connectivity index is 0.00000191. The minimum absolute atomic E-state index is 0.0792. The lowest BCUT2D eigenvalue weighted by atomic mass is 10.1. The zero-order chi connectivity index (χ0) is 16.3. The molecule has 0 aromatic heterocycles. The second kappa shape index (κ2) is 10.6. The molecule has 0 saturated carbocycles. The van der Waals surface area contributed by atoms with Gasteiger partial charge in [-0.1, -0.05) is 44.2 Å². The van der Waals surface area contributed by atoms with Gasteiger partial charge >= 0.3 is 0 Å². The van der Waals surface area contributed by atoms with Gasteiger partial charge < -0.3 is 11.1 Å². The molecule has 0 radical (unpaired) electrons. The number of primary amides is 1. The molecular formula is C16H24N2O3. The van der Waals surface area contributed by atoms with Gasteiger partial charge in [0.1, 0.15) is 0 Å². The van der Waals surface area contributed by atoms with Crippen molar-refractivity contribution in [1.82, 2.24) is 5.32 Å². The highest BCUT2D eigenvalue weighted by Gasteiger charge is 2.17. The summed E-state index contributed by atoms with van der Waals surface area (Å²) < 4.78 is 0. The van der Waals surface area contributed by atoms with Gasteiger partial charge in [-0.15, -0.1) is 0 Å². The summed E-state index contributed by atoms with van der Waals surface area (Å²) in [7, 11) is 0. The second-order valence-electron chi connectivity index (χ2n) is 4.40. The van der Waals surface area contributed by atoms with Crippen molar-refractivity contribution in [3.05, 3.63) is 35.9 Å². The first-order chi connectivity index (χ1) is 9.99. The third kappa shape index (κ3) is 8.57. The van der Waals surface area contributed by atoms with Crippen molar-refractivity contribution in [2.45, 2.75) is 46.1 Å². The highest BCUT2D eigenvalue weighted by molar-refractivity contribution is 5.88. The predicted octanol–water partition coefficient (Wildman–Crippen LogP) is 1.59. The van der Waals surface area contributed by atoms with Crippen LogP contribution in [0.15, 0.2) is 30.3 Å². The molecule has 116 valence electrons. The molecule has 3 N–H and O–H groups in total. The minimum atomic E-state index is -0.649. The summed E-state index contributed by atoms with van der Waals surface area (Å²) >= 11 is 0. The summed E-state index contributed by atoms with van der Waals surface area (Å²) in [6, 6.07) is 8.59. The largest absolute Gasteiger partial charge is 0.370 e. The number of nitrogens with one attached hydrogen (secondary N) is 1. The molecule has 1 rings (SSSR count). The Hall–Kier alpha value is -2.17. The SMILES string of the molecule is CC.CC(=O)[C@H](CCC(N)=O)NC(=O)Cc1ccccc1. The Morgan fingerprint density at radius 3 is 2.19 bits per heavy atom. The summed E-state index contributed by atoms with van der Waals surface area (Å²) in [4.78, 5) is 33.9. The van der Waals surface area contributed by atoms with E-state index in [2.05, 4.69) is 5.32 Å². The zero-order valence-electron chi connectivity index (χ0n) is 12.9. The maximum atomic E-state index is 11.8. The first-order valence-electron chi connectivity index (χ1n) is 7.11. The normalized spacial score (nSPS) is 10.8. The molecule has 0 spiro atoms. The van der Waals surface area contributed by atoms with E-state index in [9.17, 15) is 14.4 Å². The van der Waals surface area contributed by atoms with Crippen molar-refractivity contribution in [2.75, 3.05) is 0 Å². The molecule has 5 nitrogen and oxygen atoms in total. The summed E-state index contributed by atoms with van der Waals surface area (Å²) in [6.07, 6.45) is 0.530. The molecule has 5 heteroatoms. The van der Waals surface area contributed by atoms with Gasteiger partial charge in [0.25, 0.3) is 0 Å². The molecule has 0 saturated heterocycles. The molecule has 1 aromatic carbocycles. The summed E-state index contributed by atoms with van der Waals surface area (Å²) in [5.74, 6) is -0.901. The van der Waals surface area contributed by atoms with E-state index in [-0.39, 0.29) is 31.0 Å². The van der Waals surface area contributed by atoms with Gasteiger partial charge in [-0.25, -0.2) is 0 Å². The number of ketones is 1. The minimum Gasteiger partial charge on any atom is -0.370 e. The summed E-state index contributed by atoms with van der Waals surface area (Å²) in [5.41, 5.74) is 5.90. The molecule has 0 aliphatic heterocycles. The standard InChI is InChI=1S/C14H18N2O3.C2H6/c1-10(17)12(7-8-13(15)18)16-14(19)9-11-5-3-2-4-6-11;1-2/h2-6,12H,7-9H2,1H3,(H2,15,18)(H,16,19);1-2H3/t12-;/m0./s1. The molecule has 0 unspecified atom stereocenters. The maximum absolute atomic E-state index is 11.8. The third-order valence-electron chi connectivity index (χ3n) is 2.71. The van der Waals surface area contributed by atoms with Crippen LogP contribution >= 0.6 is 0 Å². The van der Waals surface area contributed by atoms with E-state index in [1.807, 2.05) is 44.2 Å². The van der Waals surface area contributed by atoms with Crippen molar-refractivity contribution in [1.29, 1.82) is 0 Å². The lowest BCUT2D eigenvalue weighted by Gasteiger charge is -2.15. The molecule has 2 amide bonds. The Morgan fingerprint density at radius 2 is 1.71 bits per heavy atom. The Morgan fingerprint density at radius 1 is 1.14 bits per heavy atom. The molecular weight excluding hydrogens is 268 g/mol. The van der Waals surface area contributed by atoms with Crippen LogP contribution in [0.4, 0.5) is 0 Å². The van der Waals surface area contributed by atoms with E-state index in [4.69, 9.17) is 5.73 Å². The van der Waals surface area contributed by atoms with Crippen molar-refractivity contribution in [2.24, 2.45) is 5.73 Å². The summed E-state index contributed by atoms with van der Waals surface area (Å²) in [6.45, 7) is 5.38. The van der Waals surface area contributed by atoms with Crippen LogP contribution in [0, 0.1) is 0 Å². The van der Waals surface area contributed by atoms with E-state index < -0.39 is 11.9 Å². The predicted molar refractivity (Wildman–Crippen MR) is 82.5 cm³/mol. The number of carbonyl (C=O) groups is 3. The Labute approximate surface area is 125 Å². The van der Waals surface area contributed by atoms with Crippen LogP contribution in [0.3, 0.4) is 0 Å². The number of nitrogens with two attached hydrogens (primary N) is 1. The number of Topliss-reactive ketones (excluding diaryl/α,β-unsaturated/α-hetero) is 1. The fraction of sp³-hybridized carbons (Fsp3) is 0.438. The van der Waals surface area contributed by atoms with Crippen molar-refractivity contribution >= 4 is 17.6 Å². The van der Waals surface area contributed by atoms with Crippen molar-refractivity contribution in [3.63, 3.8) is 0 Å². The number of rotatable bonds is 7. The molecule has 21 heavy (non-hydrogen) atoms. The highest BCUT2D eigenvalue weighted by atomic mass is 16.2. The number of amides is 2. The van der Waals surface area contributed by atoms with Gasteiger partial charge in [0.05, 0.1) is 12.5 Å². The van der Waals surface area contributed by atoms with Gasteiger partial charge in [-0.3, -0.25) is 14.4 Å². The smallest absolute Gasteiger partial charge is 0.224 e. The van der Waals surface area contributed by atoms with E-state index in [0.717, 1.165) is 5.56 Å². The van der Waals surface area contributed by atoms with Crippen LogP contribution < -0.4 is 11.1 Å². The molecule has 1 aromatic rings. The monoisotopic (exact) mass is 292 g/mol. The molecule has 0 aliphatic carbocycles. The average molecular weight is 292 g/mol. The van der Waals surface area contributed by atoms with Crippen molar-refractivity contribution < 1.29 is 14.4 Å². The number of hydrogen-bond acceptors (Lipinski definition) is 3. The van der Waals surface area contributed by atoms with E-state index in [1.54, 1.807) is 0 Å². The third-order valence-corrected chi connectivity index (χ3v) is 2.71. The van der Waals surface area contributed by atoms with E-state index >= 15 is 0 Å². The van der Waals surface area contributed by atoms with Gasteiger partial charge in [-0.2, -0.15) is 0 Å². The fourth-order valence-electron chi connectivity index (χ4n) is 1.69. The lowest BCUT2D eigenvalue weighted by molar-refractivity contribution is -0.127. The second-order valence-corrected chi connectivity index (χ2v) is 4.40. The average Bonchev–Trinajstić information content (AvgIpc) is 2.46. The molecule has 1 atom stereocenters. The van der Waals surface area contributed by atoms with Crippen LogP contribution in [-0.2, 0) is 20.8 Å². The highest BCUT2D eigenvalue weighted by Crippen LogP contribution is 2.02. The maximum Gasteiger partial charge on any atom is 0.224 e. The first kappa shape index (κ1) is 18.8. The van der Waals surface area contributed by atoms with Gasteiger partial charge in [0, 0.05) is 6.42 Å². The molecule has 0 aliphatic rings. The van der Waals surface area contributed by atoms with E-state index in [1.165, 1.54) is 6.92 Å². The van der Waals surface area contributed by atoms with Crippen LogP contribution in [-0.4, -0.2) is 23.6 Å². The van der Waals surface area contributed by atoms with Crippen LogP contribution in [0.1, 0.15) is 39.2 Å². The molecule has 0 fully saturated rings. The summed E-state index contributed by atoms with van der Waals surface area (Å²) in [5, 5.41) is 2.62. The Bertz CT molecular complexity index is 458. The van der Waals surface area contributed by atoms with E-state index in [0.29, 0.717) is 0 Å². The topological polar surface area (TPSA) is 89.3 Å².